The van der Waals surface area contributed by atoms with Gasteiger partial charge in [-0.2, -0.15) is 5.10 Å². The molecule has 0 atom stereocenters. The molecule has 5 heteroatoms. The van der Waals surface area contributed by atoms with Gasteiger partial charge in [0.1, 0.15) is 12.2 Å². The third-order valence-electron chi connectivity index (χ3n) is 1.78. The van der Waals surface area contributed by atoms with E-state index in [9.17, 15) is 0 Å². The van der Waals surface area contributed by atoms with Crippen LogP contribution in [0, 0.1) is 5.92 Å². The SMILES string of the molecule is CC(C)COCCn1ncnc1CN. The molecule has 0 bridgehead atoms. The molecule has 0 radical (unpaired) electrons. The van der Waals surface area contributed by atoms with Gasteiger partial charge in [0.15, 0.2) is 0 Å². The summed E-state index contributed by atoms with van der Waals surface area (Å²) >= 11 is 0. The highest BCUT2D eigenvalue weighted by molar-refractivity contribution is 4.81. The van der Waals surface area contributed by atoms with E-state index < -0.39 is 0 Å². The number of nitrogens with two attached hydrogens (primary N) is 1. The van der Waals surface area contributed by atoms with E-state index in [0.717, 1.165) is 19.0 Å². The molecule has 0 aliphatic heterocycles. The maximum Gasteiger partial charge on any atom is 0.140 e. The first-order valence-electron chi connectivity index (χ1n) is 4.88. The fraction of sp³-hybridized carbons (Fsp3) is 0.778. The Morgan fingerprint density at radius 3 is 3.00 bits per heavy atom. The molecule has 0 saturated carbocycles. The molecule has 0 aliphatic rings. The molecule has 1 heterocycles. The lowest BCUT2D eigenvalue weighted by atomic mass is 10.2. The second-order valence-electron chi connectivity index (χ2n) is 3.57. The van der Waals surface area contributed by atoms with Crippen molar-refractivity contribution in [1.82, 2.24) is 14.8 Å². The van der Waals surface area contributed by atoms with Crippen LogP contribution in [0.15, 0.2) is 6.33 Å². The minimum Gasteiger partial charge on any atom is -0.379 e. The van der Waals surface area contributed by atoms with E-state index in [2.05, 4.69) is 23.9 Å². The van der Waals surface area contributed by atoms with Crippen LogP contribution in [0.1, 0.15) is 19.7 Å². The largest absolute Gasteiger partial charge is 0.379 e. The van der Waals surface area contributed by atoms with Gasteiger partial charge in [-0.25, -0.2) is 9.67 Å². The van der Waals surface area contributed by atoms with Gasteiger partial charge in [-0.3, -0.25) is 0 Å². The molecular weight excluding hydrogens is 180 g/mol. The summed E-state index contributed by atoms with van der Waals surface area (Å²) < 4.78 is 7.22. The molecule has 2 N–H and O–H groups in total. The van der Waals surface area contributed by atoms with Gasteiger partial charge < -0.3 is 10.5 Å². The lowest BCUT2D eigenvalue weighted by Crippen LogP contribution is -2.14. The summed E-state index contributed by atoms with van der Waals surface area (Å²) in [6, 6.07) is 0. The van der Waals surface area contributed by atoms with Crippen LogP contribution in [0.4, 0.5) is 0 Å². The Morgan fingerprint density at radius 1 is 1.57 bits per heavy atom. The smallest absolute Gasteiger partial charge is 0.140 e. The van der Waals surface area contributed by atoms with Gasteiger partial charge in [-0.1, -0.05) is 13.8 Å². The minimum atomic E-state index is 0.421. The first-order chi connectivity index (χ1) is 6.74. The van der Waals surface area contributed by atoms with Crippen LogP contribution in [-0.2, 0) is 17.8 Å². The number of aromatic nitrogens is 3. The van der Waals surface area contributed by atoms with Gasteiger partial charge >= 0.3 is 0 Å². The van der Waals surface area contributed by atoms with Crippen molar-refractivity contribution in [3.63, 3.8) is 0 Å². The normalized spacial score (nSPS) is 11.1. The third kappa shape index (κ3) is 3.43. The molecule has 1 aromatic heterocycles. The third-order valence-corrected chi connectivity index (χ3v) is 1.78. The molecule has 0 spiro atoms. The lowest BCUT2D eigenvalue weighted by Gasteiger charge is -2.07. The quantitative estimate of drug-likeness (QED) is 0.672. The van der Waals surface area contributed by atoms with Gasteiger partial charge in [0.2, 0.25) is 0 Å². The zero-order valence-electron chi connectivity index (χ0n) is 8.81. The number of ether oxygens (including phenoxy) is 1. The summed E-state index contributed by atoms with van der Waals surface area (Å²) in [5.41, 5.74) is 5.48. The highest BCUT2D eigenvalue weighted by atomic mass is 16.5. The van der Waals surface area contributed by atoms with E-state index in [1.165, 1.54) is 6.33 Å². The topological polar surface area (TPSA) is 66.0 Å². The first kappa shape index (κ1) is 11.1. The molecule has 0 saturated heterocycles. The van der Waals surface area contributed by atoms with Crippen molar-refractivity contribution in [2.24, 2.45) is 11.7 Å². The number of hydrogen-bond acceptors (Lipinski definition) is 4. The summed E-state index contributed by atoms with van der Waals surface area (Å²) in [6.07, 6.45) is 1.52. The van der Waals surface area contributed by atoms with Crippen LogP contribution in [0.2, 0.25) is 0 Å². The Kier molecular flexibility index (Phi) is 4.55. The summed E-state index contributed by atoms with van der Waals surface area (Å²) in [5.74, 6) is 1.37. The predicted octanol–water partition coefficient (Wildman–Crippen LogP) is 0.409. The van der Waals surface area contributed by atoms with E-state index >= 15 is 0 Å². The van der Waals surface area contributed by atoms with Crippen molar-refractivity contribution < 1.29 is 4.74 Å². The highest BCUT2D eigenvalue weighted by Gasteiger charge is 2.01. The van der Waals surface area contributed by atoms with Crippen LogP contribution in [0.5, 0.6) is 0 Å². The molecule has 14 heavy (non-hydrogen) atoms. The second kappa shape index (κ2) is 5.72. The van der Waals surface area contributed by atoms with Crippen LogP contribution in [-0.4, -0.2) is 28.0 Å². The Bertz CT molecular complexity index is 259. The number of nitrogens with zero attached hydrogens (tertiary/aromatic N) is 3. The van der Waals surface area contributed by atoms with Crippen LogP contribution in [0.25, 0.3) is 0 Å². The molecular formula is C9H18N4O. The van der Waals surface area contributed by atoms with E-state index in [-0.39, 0.29) is 0 Å². The van der Waals surface area contributed by atoms with Crippen molar-refractivity contribution in [1.29, 1.82) is 0 Å². The van der Waals surface area contributed by atoms with Crippen molar-refractivity contribution >= 4 is 0 Å². The zero-order valence-corrected chi connectivity index (χ0v) is 8.81. The molecule has 5 nitrogen and oxygen atoms in total. The monoisotopic (exact) mass is 198 g/mol. The Morgan fingerprint density at radius 2 is 2.36 bits per heavy atom. The second-order valence-corrected chi connectivity index (χ2v) is 3.57. The van der Waals surface area contributed by atoms with Gasteiger partial charge in [-0.05, 0) is 5.92 Å². The average molecular weight is 198 g/mol. The van der Waals surface area contributed by atoms with Gasteiger partial charge in [0, 0.05) is 6.61 Å². The molecule has 1 rings (SSSR count). The zero-order chi connectivity index (χ0) is 10.4. The lowest BCUT2D eigenvalue weighted by molar-refractivity contribution is 0.100. The fourth-order valence-electron chi connectivity index (χ4n) is 1.10. The minimum absolute atomic E-state index is 0.421. The summed E-state index contributed by atoms with van der Waals surface area (Å²) in [7, 11) is 0. The van der Waals surface area contributed by atoms with Crippen molar-refractivity contribution in [3.8, 4) is 0 Å². The molecule has 0 aliphatic carbocycles. The Balaban J connectivity index is 2.24. The molecule has 0 unspecified atom stereocenters. The maximum absolute atomic E-state index is 5.48. The number of rotatable bonds is 6. The van der Waals surface area contributed by atoms with Crippen LogP contribution < -0.4 is 5.73 Å². The molecule has 0 aromatic carbocycles. The van der Waals surface area contributed by atoms with Gasteiger partial charge in [0.25, 0.3) is 0 Å². The van der Waals surface area contributed by atoms with E-state index in [1.54, 1.807) is 4.68 Å². The van der Waals surface area contributed by atoms with Gasteiger partial charge in [-0.15, -0.1) is 0 Å². The molecule has 0 amide bonds. The first-order valence-corrected chi connectivity index (χ1v) is 4.88. The predicted molar refractivity (Wildman–Crippen MR) is 53.6 cm³/mol. The van der Waals surface area contributed by atoms with Crippen molar-refractivity contribution in [3.05, 3.63) is 12.2 Å². The van der Waals surface area contributed by atoms with Crippen molar-refractivity contribution in [2.45, 2.75) is 26.9 Å². The highest BCUT2D eigenvalue weighted by Crippen LogP contribution is 1.95. The van der Waals surface area contributed by atoms with Gasteiger partial charge in [0.05, 0.1) is 19.7 Å². The molecule has 0 fully saturated rings. The van der Waals surface area contributed by atoms with Crippen LogP contribution in [0.3, 0.4) is 0 Å². The van der Waals surface area contributed by atoms with Crippen molar-refractivity contribution in [2.75, 3.05) is 13.2 Å². The summed E-state index contributed by atoms with van der Waals surface area (Å²) in [5, 5.41) is 4.05. The Labute approximate surface area is 84.3 Å². The summed E-state index contributed by atoms with van der Waals surface area (Å²) in [4.78, 5) is 4.02. The van der Waals surface area contributed by atoms with E-state index in [1.807, 2.05) is 0 Å². The number of hydrogen-bond donors (Lipinski definition) is 1. The average Bonchev–Trinajstić information content (AvgIpc) is 2.59. The summed E-state index contributed by atoms with van der Waals surface area (Å²) in [6.45, 7) is 6.84. The maximum atomic E-state index is 5.48. The molecule has 1 aromatic rings. The van der Waals surface area contributed by atoms with E-state index in [0.29, 0.717) is 19.1 Å². The fourth-order valence-corrected chi connectivity index (χ4v) is 1.10. The molecule has 80 valence electrons. The van der Waals surface area contributed by atoms with Crippen LogP contribution >= 0.6 is 0 Å². The standard InChI is InChI=1S/C9H18N4O/c1-8(2)6-14-4-3-13-9(5-10)11-7-12-13/h7-8H,3-6,10H2,1-2H3. The van der Waals surface area contributed by atoms with E-state index in [4.69, 9.17) is 10.5 Å². The Hall–Kier alpha value is -0.940.